The first-order valence-corrected chi connectivity index (χ1v) is 5.49. The molecule has 1 aliphatic rings. The molecule has 0 amide bonds. The van der Waals surface area contributed by atoms with E-state index in [1.165, 1.54) is 26.1 Å². The van der Waals surface area contributed by atoms with Crippen molar-refractivity contribution in [3.63, 3.8) is 0 Å². The molecule has 1 aromatic rings. The van der Waals surface area contributed by atoms with Crippen LogP contribution in [0.4, 0.5) is 0 Å². The molecule has 1 saturated carbocycles. The van der Waals surface area contributed by atoms with Crippen molar-refractivity contribution in [2.45, 2.75) is 12.8 Å². The summed E-state index contributed by atoms with van der Waals surface area (Å²) in [5, 5.41) is 0. The number of carbonyl (C=O) groups excluding carboxylic acids is 1. The number of methoxy groups -OCH3 is 2. The molecule has 5 heteroatoms. The molecule has 0 unspecified atom stereocenters. The van der Waals surface area contributed by atoms with Crippen LogP contribution in [0.3, 0.4) is 0 Å². The van der Waals surface area contributed by atoms with Crippen LogP contribution in [0.2, 0.25) is 0 Å². The molecule has 0 radical (unpaired) electrons. The molecule has 0 atom stereocenters. The van der Waals surface area contributed by atoms with Gasteiger partial charge in [-0.25, -0.2) is 9.78 Å². The maximum absolute atomic E-state index is 11.3. The topological polar surface area (TPSA) is 57.7 Å². The smallest absolute Gasteiger partial charge is 0.356 e. The van der Waals surface area contributed by atoms with Gasteiger partial charge in [-0.3, -0.25) is 0 Å². The second-order valence-corrected chi connectivity index (χ2v) is 3.97. The molecule has 0 bridgehead atoms. The third-order valence-electron chi connectivity index (χ3n) is 2.62. The fraction of sp³-hybridized carbons (Fsp3) is 0.500. The van der Waals surface area contributed by atoms with Gasteiger partial charge in [-0.15, -0.1) is 0 Å². The molecule has 2 rings (SSSR count). The largest absolute Gasteiger partial charge is 0.491 e. The third kappa shape index (κ3) is 2.87. The van der Waals surface area contributed by atoms with Crippen molar-refractivity contribution in [1.29, 1.82) is 0 Å². The number of carbonyl (C=O) groups is 1. The Labute approximate surface area is 99.7 Å². The molecule has 1 aliphatic carbocycles. The van der Waals surface area contributed by atoms with Gasteiger partial charge in [-0.2, -0.15) is 0 Å². The Morgan fingerprint density at radius 1 is 1.41 bits per heavy atom. The fourth-order valence-corrected chi connectivity index (χ4v) is 1.40. The Kier molecular flexibility index (Phi) is 3.46. The lowest BCUT2D eigenvalue weighted by molar-refractivity contribution is 0.0593. The third-order valence-corrected chi connectivity index (χ3v) is 2.62. The number of esters is 1. The van der Waals surface area contributed by atoms with E-state index in [9.17, 15) is 4.79 Å². The lowest BCUT2D eigenvalue weighted by Crippen LogP contribution is -2.07. The van der Waals surface area contributed by atoms with E-state index in [2.05, 4.69) is 9.72 Å². The Hall–Kier alpha value is -1.78. The van der Waals surface area contributed by atoms with Crippen molar-refractivity contribution < 1.29 is 19.0 Å². The number of nitrogens with zero attached hydrogens (tertiary/aromatic N) is 1. The van der Waals surface area contributed by atoms with Gasteiger partial charge in [-0.05, 0) is 18.8 Å². The fourth-order valence-electron chi connectivity index (χ4n) is 1.40. The summed E-state index contributed by atoms with van der Waals surface area (Å²) in [4.78, 5) is 15.3. The summed E-state index contributed by atoms with van der Waals surface area (Å²) < 4.78 is 15.3. The quantitative estimate of drug-likeness (QED) is 0.729. The first-order chi connectivity index (χ1) is 8.24. The summed E-state index contributed by atoms with van der Waals surface area (Å²) in [7, 11) is 2.86. The summed E-state index contributed by atoms with van der Waals surface area (Å²) in [6.45, 7) is 0.654. The minimum atomic E-state index is -0.482. The van der Waals surface area contributed by atoms with Crippen LogP contribution < -0.4 is 9.47 Å². The molecule has 92 valence electrons. The second-order valence-electron chi connectivity index (χ2n) is 3.97. The van der Waals surface area contributed by atoms with Gasteiger partial charge in [0.25, 0.3) is 0 Å². The molecule has 17 heavy (non-hydrogen) atoms. The maximum Gasteiger partial charge on any atom is 0.356 e. The van der Waals surface area contributed by atoms with Crippen molar-refractivity contribution in [2.24, 2.45) is 5.92 Å². The van der Waals surface area contributed by atoms with Crippen LogP contribution in [0.25, 0.3) is 0 Å². The highest BCUT2D eigenvalue weighted by atomic mass is 16.5. The average molecular weight is 237 g/mol. The van der Waals surface area contributed by atoms with E-state index in [0.717, 1.165) is 0 Å². The zero-order valence-electron chi connectivity index (χ0n) is 9.93. The van der Waals surface area contributed by atoms with Crippen LogP contribution in [0.1, 0.15) is 23.3 Å². The number of aromatic nitrogens is 1. The predicted molar refractivity (Wildman–Crippen MR) is 60.3 cm³/mol. The molecule has 1 aromatic heterocycles. The van der Waals surface area contributed by atoms with Crippen LogP contribution in [0, 0.1) is 5.92 Å². The Balaban J connectivity index is 2.15. The average Bonchev–Trinajstić information content (AvgIpc) is 3.19. The Morgan fingerprint density at radius 2 is 2.18 bits per heavy atom. The van der Waals surface area contributed by atoms with Crippen molar-refractivity contribution in [3.05, 3.63) is 18.0 Å². The highest BCUT2D eigenvalue weighted by Gasteiger charge is 2.23. The summed E-state index contributed by atoms with van der Waals surface area (Å²) >= 11 is 0. The van der Waals surface area contributed by atoms with Crippen molar-refractivity contribution >= 4 is 5.97 Å². The van der Waals surface area contributed by atoms with Gasteiger partial charge >= 0.3 is 5.97 Å². The van der Waals surface area contributed by atoms with Gasteiger partial charge in [0, 0.05) is 6.07 Å². The molecule has 0 aromatic carbocycles. The Morgan fingerprint density at radius 3 is 2.76 bits per heavy atom. The lowest BCUT2D eigenvalue weighted by atomic mass is 10.3. The number of hydrogen-bond acceptors (Lipinski definition) is 5. The highest BCUT2D eigenvalue weighted by molar-refractivity contribution is 5.87. The number of rotatable bonds is 5. The molecular weight excluding hydrogens is 222 g/mol. The monoisotopic (exact) mass is 237 g/mol. The number of ether oxygens (including phenoxy) is 3. The summed E-state index contributed by atoms with van der Waals surface area (Å²) in [5.41, 5.74) is 0.221. The predicted octanol–water partition coefficient (Wildman–Crippen LogP) is 1.67. The van der Waals surface area contributed by atoms with E-state index < -0.39 is 5.97 Å². The highest BCUT2D eigenvalue weighted by Crippen LogP contribution is 2.32. The minimum Gasteiger partial charge on any atom is -0.491 e. The van der Waals surface area contributed by atoms with E-state index in [4.69, 9.17) is 9.47 Å². The zero-order valence-corrected chi connectivity index (χ0v) is 9.93. The minimum absolute atomic E-state index is 0.221. The number of hydrogen-bond donors (Lipinski definition) is 0. The maximum atomic E-state index is 11.3. The van der Waals surface area contributed by atoms with E-state index >= 15 is 0 Å². The molecule has 0 saturated heterocycles. The van der Waals surface area contributed by atoms with Crippen LogP contribution in [0.15, 0.2) is 12.3 Å². The lowest BCUT2D eigenvalue weighted by Gasteiger charge is -2.10. The summed E-state index contributed by atoms with van der Waals surface area (Å²) in [5.74, 6) is 1.21. The number of pyridine rings is 1. The van der Waals surface area contributed by atoms with Crippen LogP contribution >= 0.6 is 0 Å². The van der Waals surface area contributed by atoms with E-state index in [0.29, 0.717) is 24.0 Å². The second kappa shape index (κ2) is 5.03. The summed E-state index contributed by atoms with van der Waals surface area (Å²) in [6, 6.07) is 1.55. The van der Waals surface area contributed by atoms with Crippen LogP contribution in [0.5, 0.6) is 11.5 Å². The summed E-state index contributed by atoms with van der Waals surface area (Å²) in [6.07, 6.45) is 3.88. The molecule has 0 N–H and O–H groups in total. The van der Waals surface area contributed by atoms with E-state index in [1.54, 1.807) is 13.2 Å². The molecule has 1 fully saturated rings. The van der Waals surface area contributed by atoms with E-state index in [-0.39, 0.29) is 5.69 Å². The van der Waals surface area contributed by atoms with E-state index in [1.807, 2.05) is 0 Å². The van der Waals surface area contributed by atoms with Gasteiger partial charge < -0.3 is 14.2 Å². The van der Waals surface area contributed by atoms with Crippen molar-refractivity contribution in [2.75, 3.05) is 20.8 Å². The molecule has 5 nitrogen and oxygen atoms in total. The van der Waals surface area contributed by atoms with Gasteiger partial charge in [0.1, 0.15) is 0 Å². The molecule has 0 spiro atoms. The standard InChI is InChI=1S/C12H15NO4/c1-15-11-6-13-9(12(14)16-2)5-10(11)17-7-8-3-4-8/h5-6,8H,3-4,7H2,1-2H3. The van der Waals surface area contributed by atoms with Gasteiger partial charge in [-0.1, -0.05) is 0 Å². The van der Waals surface area contributed by atoms with Crippen LogP contribution in [-0.4, -0.2) is 31.8 Å². The first kappa shape index (κ1) is 11.7. The van der Waals surface area contributed by atoms with Crippen molar-refractivity contribution in [3.8, 4) is 11.5 Å². The molecule has 1 heterocycles. The zero-order chi connectivity index (χ0) is 12.3. The molecule has 0 aliphatic heterocycles. The van der Waals surface area contributed by atoms with Crippen LogP contribution in [-0.2, 0) is 4.74 Å². The normalized spacial score (nSPS) is 14.2. The first-order valence-electron chi connectivity index (χ1n) is 5.49. The Bertz CT molecular complexity index is 415. The van der Waals surface area contributed by atoms with Gasteiger partial charge in [0.2, 0.25) is 0 Å². The van der Waals surface area contributed by atoms with Gasteiger partial charge in [0.15, 0.2) is 17.2 Å². The van der Waals surface area contributed by atoms with Crippen molar-refractivity contribution in [1.82, 2.24) is 4.98 Å². The van der Waals surface area contributed by atoms with Gasteiger partial charge in [0.05, 0.1) is 27.0 Å². The molecular formula is C12H15NO4. The SMILES string of the molecule is COC(=O)c1cc(OCC2CC2)c(OC)cn1.